The summed E-state index contributed by atoms with van der Waals surface area (Å²) < 4.78 is 5.48. The fourth-order valence-corrected chi connectivity index (χ4v) is 2.50. The summed E-state index contributed by atoms with van der Waals surface area (Å²) in [5.74, 6) is 0.582. The van der Waals surface area contributed by atoms with Crippen LogP contribution in [0.4, 0.5) is 0 Å². The maximum Gasteiger partial charge on any atom is 0.286 e. The van der Waals surface area contributed by atoms with Crippen molar-refractivity contribution < 1.29 is 14.0 Å². The summed E-state index contributed by atoms with van der Waals surface area (Å²) in [4.78, 5) is 31.1. The molecule has 116 valence electrons. The molecule has 0 aliphatic carbocycles. The molecule has 3 rings (SSSR count). The number of hydrogen-bond donors (Lipinski definition) is 3. The number of rotatable bonds is 2. The number of aromatic nitrogens is 2. The van der Waals surface area contributed by atoms with E-state index in [1.807, 2.05) is 0 Å². The lowest BCUT2D eigenvalue weighted by molar-refractivity contribution is 0.0930. The van der Waals surface area contributed by atoms with E-state index in [4.69, 9.17) is 4.42 Å². The molecule has 1 aliphatic heterocycles. The van der Waals surface area contributed by atoms with E-state index in [0.29, 0.717) is 30.2 Å². The molecule has 0 atom stereocenters. The summed E-state index contributed by atoms with van der Waals surface area (Å²) in [5, 5.41) is 5.37. The summed E-state index contributed by atoms with van der Waals surface area (Å²) >= 11 is 0. The number of fused-ring (bicyclic) bond motifs is 1. The highest BCUT2D eigenvalue weighted by Crippen LogP contribution is 2.28. The first-order valence-corrected chi connectivity index (χ1v) is 7.09. The zero-order valence-electron chi connectivity index (χ0n) is 12.7. The Morgan fingerprint density at radius 3 is 2.91 bits per heavy atom. The van der Waals surface area contributed by atoms with Gasteiger partial charge in [-0.15, -0.1) is 0 Å². The summed E-state index contributed by atoms with van der Waals surface area (Å²) in [7, 11) is 1.53. The van der Waals surface area contributed by atoms with Gasteiger partial charge in [0, 0.05) is 19.3 Å². The first-order valence-electron chi connectivity index (χ1n) is 7.09. The predicted octanol–water partition coefficient (Wildman–Crippen LogP) is 1.34. The fraction of sp³-hybridized carbons (Fsp3) is 0.400. The lowest BCUT2D eigenvalue weighted by Gasteiger charge is -2.21. The average molecular weight is 302 g/mol. The number of hydrogen-bond acceptors (Lipinski definition) is 4. The molecular weight excluding hydrogens is 284 g/mol. The molecule has 0 spiro atoms. The summed E-state index contributed by atoms with van der Waals surface area (Å²) in [6.07, 6.45) is 0.705. The lowest BCUT2D eigenvalue weighted by Crippen LogP contribution is -2.32. The number of furan rings is 1. The SMILES string of the molecule is CNC(=O)c1ccc(-c2nc3c([nH]2)CC(C)(C)CNC3=O)o1. The highest BCUT2D eigenvalue weighted by molar-refractivity contribution is 5.94. The largest absolute Gasteiger partial charge is 0.448 e. The molecule has 7 nitrogen and oxygen atoms in total. The Balaban J connectivity index is 1.97. The Labute approximate surface area is 127 Å². The minimum Gasteiger partial charge on any atom is -0.448 e. The van der Waals surface area contributed by atoms with Gasteiger partial charge in [-0.25, -0.2) is 4.98 Å². The molecular formula is C15H18N4O3. The molecule has 0 fully saturated rings. The minimum absolute atomic E-state index is 0.0544. The van der Waals surface area contributed by atoms with Crippen molar-refractivity contribution in [1.29, 1.82) is 0 Å². The maximum absolute atomic E-state index is 12.1. The number of nitrogens with zero attached hydrogens (tertiary/aromatic N) is 1. The van der Waals surface area contributed by atoms with Gasteiger partial charge < -0.3 is 20.0 Å². The normalized spacial score (nSPS) is 16.6. The third kappa shape index (κ3) is 2.49. The van der Waals surface area contributed by atoms with Crippen LogP contribution in [0.1, 0.15) is 40.6 Å². The van der Waals surface area contributed by atoms with Crippen LogP contribution < -0.4 is 10.6 Å². The number of amides is 2. The zero-order valence-corrected chi connectivity index (χ0v) is 12.7. The predicted molar refractivity (Wildman–Crippen MR) is 79.5 cm³/mol. The van der Waals surface area contributed by atoms with Crippen LogP contribution in [0, 0.1) is 5.41 Å². The van der Waals surface area contributed by atoms with E-state index in [-0.39, 0.29) is 23.0 Å². The maximum atomic E-state index is 12.1. The third-order valence-corrected chi connectivity index (χ3v) is 3.67. The molecule has 0 saturated heterocycles. The van der Waals surface area contributed by atoms with E-state index >= 15 is 0 Å². The van der Waals surface area contributed by atoms with Gasteiger partial charge in [-0.05, 0) is 24.0 Å². The fourth-order valence-electron chi connectivity index (χ4n) is 2.50. The molecule has 2 aromatic heterocycles. The van der Waals surface area contributed by atoms with Crippen molar-refractivity contribution >= 4 is 11.8 Å². The number of nitrogens with one attached hydrogen (secondary N) is 3. The summed E-state index contributed by atoms with van der Waals surface area (Å²) in [5.41, 5.74) is 1.12. The Morgan fingerprint density at radius 2 is 2.18 bits per heavy atom. The van der Waals surface area contributed by atoms with Gasteiger partial charge >= 0.3 is 0 Å². The van der Waals surface area contributed by atoms with E-state index in [1.165, 1.54) is 7.05 Å². The Bertz CT molecular complexity index is 742. The Morgan fingerprint density at radius 1 is 1.41 bits per heavy atom. The van der Waals surface area contributed by atoms with Crippen LogP contribution >= 0.6 is 0 Å². The molecule has 22 heavy (non-hydrogen) atoms. The number of H-pyrrole nitrogens is 1. The van der Waals surface area contributed by atoms with Gasteiger partial charge in [-0.3, -0.25) is 9.59 Å². The molecule has 3 N–H and O–H groups in total. The van der Waals surface area contributed by atoms with Crippen molar-refractivity contribution in [3.63, 3.8) is 0 Å². The van der Waals surface area contributed by atoms with Crippen LogP contribution in [0.5, 0.6) is 0 Å². The average Bonchev–Trinajstić information content (AvgIpc) is 3.08. The van der Waals surface area contributed by atoms with E-state index in [9.17, 15) is 9.59 Å². The molecule has 2 amide bonds. The third-order valence-electron chi connectivity index (χ3n) is 3.67. The minimum atomic E-state index is -0.307. The monoisotopic (exact) mass is 302 g/mol. The quantitative estimate of drug-likeness (QED) is 0.779. The van der Waals surface area contributed by atoms with Crippen molar-refractivity contribution in [2.45, 2.75) is 20.3 Å². The second-order valence-electron chi connectivity index (χ2n) is 6.18. The van der Waals surface area contributed by atoms with Gasteiger partial charge in [0.15, 0.2) is 17.3 Å². The van der Waals surface area contributed by atoms with Gasteiger partial charge in [-0.1, -0.05) is 13.8 Å². The summed E-state index contributed by atoms with van der Waals surface area (Å²) in [6, 6.07) is 3.23. The summed E-state index contributed by atoms with van der Waals surface area (Å²) in [6.45, 7) is 4.77. The smallest absolute Gasteiger partial charge is 0.286 e. The van der Waals surface area contributed by atoms with Crippen molar-refractivity contribution in [2.75, 3.05) is 13.6 Å². The van der Waals surface area contributed by atoms with Crippen LogP contribution in [-0.4, -0.2) is 35.4 Å². The standard InChI is InChI=1S/C15H18N4O3/c1-15(2)6-8-11(14(21)17-7-15)19-12(18-8)9-4-5-10(22-9)13(20)16-3/h4-5H,6-7H2,1-3H3,(H,16,20)(H,17,21)(H,18,19). The first kappa shape index (κ1) is 14.4. The first-order chi connectivity index (χ1) is 10.4. The highest BCUT2D eigenvalue weighted by Gasteiger charge is 2.30. The van der Waals surface area contributed by atoms with E-state index < -0.39 is 0 Å². The highest BCUT2D eigenvalue weighted by atomic mass is 16.4. The molecule has 1 aliphatic rings. The second-order valence-corrected chi connectivity index (χ2v) is 6.18. The van der Waals surface area contributed by atoms with Crippen LogP contribution in [0.25, 0.3) is 11.6 Å². The van der Waals surface area contributed by atoms with Crippen molar-refractivity contribution in [1.82, 2.24) is 20.6 Å². The van der Waals surface area contributed by atoms with E-state index in [1.54, 1.807) is 12.1 Å². The van der Waals surface area contributed by atoms with Crippen LogP contribution in [-0.2, 0) is 6.42 Å². The molecule has 7 heteroatoms. The molecule has 3 heterocycles. The second kappa shape index (κ2) is 5.01. The van der Waals surface area contributed by atoms with Gasteiger partial charge in [0.1, 0.15) is 5.69 Å². The molecule has 0 aromatic carbocycles. The Kier molecular flexibility index (Phi) is 3.27. The number of carbonyl (C=O) groups is 2. The van der Waals surface area contributed by atoms with Crippen molar-refractivity contribution in [3.8, 4) is 11.6 Å². The van der Waals surface area contributed by atoms with Gasteiger partial charge in [0.25, 0.3) is 11.8 Å². The topological polar surface area (TPSA) is 100 Å². The van der Waals surface area contributed by atoms with Crippen molar-refractivity contribution in [3.05, 3.63) is 29.3 Å². The van der Waals surface area contributed by atoms with Gasteiger partial charge in [0.2, 0.25) is 0 Å². The molecule has 0 bridgehead atoms. The van der Waals surface area contributed by atoms with Crippen molar-refractivity contribution in [2.24, 2.45) is 5.41 Å². The Hall–Kier alpha value is -2.57. The molecule has 0 unspecified atom stereocenters. The zero-order chi connectivity index (χ0) is 15.9. The number of aromatic amines is 1. The lowest BCUT2D eigenvalue weighted by atomic mass is 9.88. The van der Waals surface area contributed by atoms with Crippen LogP contribution in [0.2, 0.25) is 0 Å². The van der Waals surface area contributed by atoms with E-state index in [2.05, 4.69) is 34.4 Å². The molecule has 0 saturated carbocycles. The van der Waals surface area contributed by atoms with Crippen LogP contribution in [0.15, 0.2) is 16.5 Å². The molecule has 0 radical (unpaired) electrons. The number of carbonyl (C=O) groups excluding carboxylic acids is 2. The van der Waals surface area contributed by atoms with Crippen LogP contribution in [0.3, 0.4) is 0 Å². The molecule has 2 aromatic rings. The van der Waals surface area contributed by atoms with Gasteiger partial charge in [-0.2, -0.15) is 0 Å². The van der Waals surface area contributed by atoms with Gasteiger partial charge in [0.05, 0.1) is 0 Å². The van der Waals surface area contributed by atoms with E-state index in [0.717, 1.165) is 5.69 Å². The number of imidazole rings is 1.